The Morgan fingerprint density at radius 2 is 1.93 bits per heavy atom. The van der Waals surface area contributed by atoms with Gasteiger partial charge in [-0.15, -0.1) is 0 Å². The standard InChI is InChI=1S/C18H23N3O4S2/c1-11(13-5-7-14(8-6-13)27(4,24)25)19-16(22)10-9-15-12(2)20-18(26-3)21-17(15)23/h5-8,11H,9-10H2,1-4H3,(H,19,22)(H,20,21,23)/t11-/m1/s1. The maximum Gasteiger partial charge on any atom is 0.254 e. The highest BCUT2D eigenvalue weighted by Crippen LogP contribution is 2.16. The number of sulfone groups is 1. The van der Waals surface area contributed by atoms with E-state index in [0.29, 0.717) is 22.8 Å². The number of aromatic nitrogens is 2. The molecular formula is C18H23N3O4S2. The van der Waals surface area contributed by atoms with Gasteiger partial charge in [0.25, 0.3) is 5.56 Å². The number of hydrogen-bond donors (Lipinski definition) is 2. The lowest BCUT2D eigenvalue weighted by Crippen LogP contribution is -2.28. The van der Waals surface area contributed by atoms with Crippen molar-refractivity contribution in [2.75, 3.05) is 12.5 Å². The van der Waals surface area contributed by atoms with Crippen LogP contribution in [0.4, 0.5) is 0 Å². The van der Waals surface area contributed by atoms with Crippen LogP contribution in [0, 0.1) is 6.92 Å². The molecule has 2 aromatic rings. The maximum atomic E-state index is 12.2. The first kappa shape index (κ1) is 21.2. The Morgan fingerprint density at radius 1 is 1.30 bits per heavy atom. The summed E-state index contributed by atoms with van der Waals surface area (Å²) in [6, 6.07) is 6.13. The van der Waals surface area contributed by atoms with E-state index in [2.05, 4.69) is 15.3 Å². The van der Waals surface area contributed by atoms with Gasteiger partial charge in [-0.3, -0.25) is 9.59 Å². The first-order valence-corrected chi connectivity index (χ1v) is 11.5. The molecule has 146 valence electrons. The maximum absolute atomic E-state index is 12.2. The van der Waals surface area contributed by atoms with Crippen LogP contribution in [0.25, 0.3) is 0 Å². The highest BCUT2D eigenvalue weighted by Gasteiger charge is 2.14. The Hall–Kier alpha value is -2.13. The third-order valence-corrected chi connectivity index (χ3v) is 5.89. The predicted octanol–water partition coefficient (Wildman–Crippen LogP) is 2.01. The molecule has 0 radical (unpaired) electrons. The fourth-order valence-corrected chi connectivity index (χ4v) is 3.67. The minimum Gasteiger partial charge on any atom is -0.350 e. The van der Waals surface area contributed by atoms with E-state index in [4.69, 9.17) is 0 Å². The van der Waals surface area contributed by atoms with Gasteiger partial charge >= 0.3 is 0 Å². The molecule has 0 unspecified atom stereocenters. The summed E-state index contributed by atoms with van der Waals surface area (Å²) in [7, 11) is -3.25. The first-order chi connectivity index (χ1) is 12.6. The van der Waals surface area contributed by atoms with Crippen LogP contribution in [0.2, 0.25) is 0 Å². The van der Waals surface area contributed by atoms with Gasteiger partial charge in [-0.2, -0.15) is 0 Å². The van der Waals surface area contributed by atoms with E-state index in [9.17, 15) is 18.0 Å². The second-order valence-electron chi connectivity index (χ2n) is 6.27. The van der Waals surface area contributed by atoms with Crippen molar-refractivity contribution in [2.24, 2.45) is 0 Å². The molecule has 1 amide bonds. The van der Waals surface area contributed by atoms with Crippen LogP contribution in [0.1, 0.15) is 36.2 Å². The van der Waals surface area contributed by atoms with E-state index >= 15 is 0 Å². The average Bonchev–Trinajstić information content (AvgIpc) is 2.60. The predicted molar refractivity (Wildman–Crippen MR) is 106 cm³/mol. The lowest BCUT2D eigenvalue weighted by Gasteiger charge is -2.15. The summed E-state index contributed by atoms with van der Waals surface area (Å²) in [5.74, 6) is -0.192. The minimum atomic E-state index is -3.25. The van der Waals surface area contributed by atoms with Crippen molar-refractivity contribution in [3.05, 3.63) is 51.4 Å². The van der Waals surface area contributed by atoms with Crippen LogP contribution in [-0.4, -0.2) is 36.8 Å². The number of nitrogens with zero attached hydrogens (tertiary/aromatic N) is 1. The molecule has 0 saturated carbocycles. The zero-order valence-electron chi connectivity index (χ0n) is 15.7. The molecule has 0 spiro atoms. The van der Waals surface area contributed by atoms with Gasteiger partial charge in [-0.25, -0.2) is 13.4 Å². The number of carbonyl (C=O) groups is 1. The monoisotopic (exact) mass is 409 g/mol. The summed E-state index contributed by atoms with van der Waals surface area (Å²) in [6.07, 6.45) is 3.44. The molecule has 1 aromatic carbocycles. The number of nitrogens with one attached hydrogen (secondary N) is 2. The second-order valence-corrected chi connectivity index (χ2v) is 9.08. The molecule has 0 aliphatic heterocycles. The van der Waals surface area contributed by atoms with Crippen LogP contribution in [0.3, 0.4) is 0 Å². The Morgan fingerprint density at radius 3 is 2.44 bits per heavy atom. The van der Waals surface area contributed by atoms with Crippen LogP contribution < -0.4 is 10.9 Å². The summed E-state index contributed by atoms with van der Waals surface area (Å²) in [4.78, 5) is 31.5. The number of aryl methyl sites for hydroxylation is 1. The minimum absolute atomic E-state index is 0.163. The molecule has 2 N–H and O–H groups in total. The van der Waals surface area contributed by atoms with Gasteiger partial charge < -0.3 is 10.3 Å². The fraction of sp³-hybridized carbons (Fsp3) is 0.389. The molecule has 0 aliphatic carbocycles. The van der Waals surface area contributed by atoms with Crippen LogP contribution in [-0.2, 0) is 21.1 Å². The third-order valence-electron chi connectivity index (χ3n) is 4.18. The molecule has 2 rings (SSSR count). The number of thioether (sulfide) groups is 1. The van der Waals surface area contributed by atoms with Gasteiger partial charge in [-0.1, -0.05) is 23.9 Å². The lowest BCUT2D eigenvalue weighted by molar-refractivity contribution is -0.121. The lowest BCUT2D eigenvalue weighted by atomic mass is 10.1. The summed E-state index contributed by atoms with van der Waals surface area (Å²) < 4.78 is 23.0. The largest absolute Gasteiger partial charge is 0.350 e. The normalized spacial score (nSPS) is 12.6. The van der Waals surface area contributed by atoms with Crippen LogP contribution in [0.15, 0.2) is 39.1 Å². The molecule has 1 aromatic heterocycles. The topological polar surface area (TPSA) is 109 Å². The average molecular weight is 410 g/mol. The van der Waals surface area contributed by atoms with Gasteiger partial charge in [-0.05, 0) is 44.2 Å². The number of amides is 1. The van der Waals surface area contributed by atoms with Crippen molar-refractivity contribution in [3.63, 3.8) is 0 Å². The molecule has 27 heavy (non-hydrogen) atoms. The van der Waals surface area contributed by atoms with E-state index in [0.717, 1.165) is 11.8 Å². The van der Waals surface area contributed by atoms with Gasteiger partial charge in [0.1, 0.15) is 0 Å². The number of hydrogen-bond acceptors (Lipinski definition) is 6. The summed E-state index contributed by atoms with van der Waals surface area (Å²) in [5.41, 5.74) is 1.72. The zero-order chi connectivity index (χ0) is 20.2. The van der Waals surface area contributed by atoms with Gasteiger partial charge in [0, 0.05) is 23.9 Å². The van der Waals surface area contributed by atoms with E-state index < -0.39 is 9.84 Å². The van der Waals surface area contributed by atoms with Crippen molar-refractivity contribution in [3.8, 4) is 0 Å². The Labute approximate surface area is 162 Å². The molecule has 7 nitrogen and oxygen atoms in total. The molecule has 0 bridgehead atoms. The highest BCUT2D eigenvalue weighted by atomic mass is 32.2. The Balaban J connectivity index is 1.99. The molecule has 0 saturated heterocycles. The van der Waals surface area contributed by atoms with E-state index in [1.807, 2.05) is 13.2 Å². The van der Waals surface area contributed by atoms with Crippen molar-refractivity contribution in [2.45, 2.75) is 42.8 Å². The Kier molecular flexibility index (Phi) is 6.83. The number of H-pyrrole nitrogens is 1. The van der Waals surface area contributed by atoms with E-state index in [-0.39, 0.29) is 28.8 Å². The number of aromatic amines is 1. The first-order valence-electron chi connectivity index (χ1n) is 8.35. The quantitative estimate of drug-likeness (QED) is 0.535. The zero-order valence-corrected chi connectivity index (χ0v) is 17.3. The third kappa shape index (κ3) is 5.67. The van der Waals surface area contributed by atoms with Crippen LogP contribution >= 0.6 is 11.8 Å². The summed E-state index contributed by atoms with van der Waals surface area (Å²) in [5, 5.41) is 3.41. The number of carbonyl (C=O) groups excluding carboxylic acids is 1. The van der Waals surface area contributed by atoms with Crippen LogP contribution in [0.5, 0.6) is 0 Å². The fourth-order valence-electron chi connectivity index (χ4n) is 2.61. The van der Waals surface area contributed by atoms with Gasteiger partial charge in [0.05, 0.1) is 10.9 Å². The molecule has 0 aliphatic rings. The number of benzene rings is 1. The highest BCUT2D eigenvalue weighted by molar-refractivity contribution is 7.98. The smallest absolute Gasteiger partial charge is 0.254 e. The SMILES string of the molecule is CSc1nc(C)c(CCC(=O)N[C@H](C)c2ccc(S(C)(=O)=O)cc2)c(=O)[nH]1. The van der Waals surface area contributed by atoms with Gasteiger partial charge in [0.2, 0.25) is 5.91 Å². The Bertz CT molecular complexity index is 983. The van der Waals surface area contributed by atoms with Crippen molar-refractivity contribution in [1.29, 1.82) is 0 Å². The summed E-state index contributed by atoms with van der Waals surface area (Å²) in [6.45, 7) is 3.58. The number of rotatable bonds is 7. The van der Waals surface area contributed by atoms with Crippen molar-refractivity contribution < 1.29 is 13.2 Å². The molecule has 1 atom stereocenters. The van der Waals surface area contributed by atoms with Crippen molar-refractivity contribution >= 4 is 27.5 Å². The summed E-state index contributed by atoms with van der Waals surface area (Å²) >= 11 is 1.36. The van der Waals surface area contributed by atoms with Crippen molar-refractivity contribution in [1.82, 2.24) is 15.3 Å². The second kappa shape index (κ2) is 8.71. The van der Waals surface area contributed by atoms with E-state index in [1.54, 1.807) is 19.1 Å². The molecule has 9 heteroatoms. The molecular weight excluding hydrogens is 386 g/mol. The molecule has 0 fully saturated rings. The van der Waals surface area contributed by atoms with Gasteiger partial charge in [0.15, 0.2) is 15.0 Å². The molecule has 1 heterocycles. The van der Waals surface area contributed by atoms with E-state index in [1.165, 1.54) is 23.9 Å².